The van der Waals surface area contributed by atoms with E-state index in [-0.39, 0.29) is 47.2 Å². The molecule has 2 heterocycles. The Balaban J connectivity index is 1.49. The Morgan fingerprint density at radius 2 is 1.95 bits per heavy atom. The maximum Gasteiger partial charge on any atom is 0.306 e. The molecule has 1 fully saturated rings. The number of hydrogen-bond acceptors (Lipinski definition) is 7. The van der Waals surface area contributed by atoms with Crippen LogP contribution in [0, 0.1) is 30.4 Å². The van der Waals surface area contributed by atoms with E-state index < -0.39 is 41.3 Å². The molecule has 3 N–H and O–H groups in total. The van der Waals surface area contributed by atoms with Gasteiger partial charge in [0, 0.05) is 17.5 Å². The third-order valence-corrected chi connectivity index (χ3v) is 7.02. The molecular weight excluding hydrogens is 496 g/mol. The molecule has 0 bridgehead atoms. The normalized spacial score (nSPS) is 15.6. The standard InChI is InChI=1S/C28H31F2N3O5/c1-4-38-23-11-19(20(29)12-31-23)26-15(3)33-21(13-32-26)22(34)10-8-17-7-9-18(25(30)27(17)35)24(16-5-6-16)14(2)28(36)37/h7,9,11-14,16,22,24,34-35H,4-6,8,10H2,1-3H3,(H,36,37)/t14-,22?,24-/m0/s1. The number of aromatic hydroxyl groups is 1. The van der Waals surface area contributed by atoms with Crippen molar-refractivity contribution in [2.45, 2.75) is 58.5 Å². The number of aliphatic carboxylic acids is 1. The fourth-order valence-corrected chi connectivity index (χ4v) is 4.81. The van der Waals surface area contributed by atoms with Gasteiger partial charge in [-0.15, -0.1) is 0 Å². The third kappa shape index (κ3) is 5.75. The Hall–Kier alpha value is -3.66. The van der Waals surface area contributed by atoms with Gasteiger partial charge in [0.15, 0.2) is 17.4 Å². The highest BCUT2D eigenvalue weighted by atomic mass is 19.1. The van der Waals surface area contributed by atoms with Gasteiger partial charge >= 0.3 is 5.97 Å². The topological polar surface area (TPSA) is 126 Å². The summed E-state index contributed by atoms with van der Waals surface area (Å²) in [5, 5.41) is 30.7. The summed E-state index contributed by atoms with van der Waals surface area (Å²) >= 11 is 0. The lowest BCUT2D eigenvalue weighted by atomic mass is 9.82. The first kappa shape index (κ1) is 27.4. The summed E-state index contributed by atoms with van der Waals surface area (Å²) in [6.45, 7) is 5.37. The predicted molar refractivity (Wildman–Crippen MR) is 135 cm³/mol. The number of aliphatic hydroxyl groups is 1. The molecule has 0 spiro atoms. The molecule has 3 aromatic rings. The number of halogens is 2. The fraction of sp³-hybridized carbons (Fsp3) is 0.429. The molecule has 4 rings (SSSR count). The van der Waals surface area contributed by atoms with E-state index in [1.165, 1.54) is 18.3 Å². The average molecular weight is 528 g/mol. The molecule has 0 aliphatic heterocycles. The van der Waals surface area contributed by atoms with Crippen LogP contribution in [-0.4, -0.2) is 42.8 Å². The van der Waals surface area contributed by atoms with Crippen molar-refractivity contribution in [1.29, 1.82) is 0 Å². The number of hydrogen-bond donors (Lipinski definition) is 3. The van der Waals surface area contributed by atoms with Gasteiger partial charge in [-0.1, -0.05) is 19.1 Å². The molecule has 2 aromatic heterocycles. The molecular formula is C28H31F2N3O5. The van der Waals surface area contributed by atoms with Crippen LogP contribution >= 0.6 is 0 Å². The maximum absolute atomic E-state index is 15.2. The lowest BCUT2D eigenvalue weighted by Gasteiger charge is -2.23. The second-order valence-electron chi connectivity index (χ2n) is 9.69. The van der Waals surface area contributed by atoms with Crippen molar-refractivity contribution in [2.24, 2.45) is 11.8 Å². The molecule has 1 unspecified atom stereocenters. The molecule has 0 saturated heterocycles. The SMILES string of the molecule is CCOc1cc(-c2ncc(C(O)CCc3ccc([C@H](C4CC4)[C@H](C)C(=O)O)c(F)c3O)nc2C)c(F)cn1. The van der Waals surface area contributed by atoms with Crippen LogP contribution in [0.1, 0.15) is 67.6 Å². The molecule has 3 atom stereocenters. The van der Waals surface area contributed by atoms with Crippen LogP contribution < -0.4 is 4.74 Å². The van der Waals surface area contributed by atoms with Crippen LogP contribution in [0.15, 0.2) is 30.6 Å². The molecule has 202 valence electrons. The second-order valence-corrected chi connectivity index (χ2v) is 9.69. The van der Waals surface area contributed by atoms with E-state index >= 15 is 4.39 Å². The van der Waals surface area contributed by atoms with Gasteiger partial charge in [0.25, 0.3) is 0 Å². The van der Waals surface area contributed by atoms with Crippen molar-refractivity contribution in [3.63, 3.8) is 0 Å². The summed E-state index contributed by atoms with van der Waals surface area (Å²) in [7, 11) is 0. The number of rotatable bonds is 11. The second kappa shape index (κ2) is 11.4. The van der Waals surface area contributed by atoms with Crippen LogP contribution in [0.2, 0.25) is 0 Å². The highest BCUT2D eigenvalue weighted by Crippen LogP contribution is 2.48. The van der Waals surface area contributed by atoms with Crippen molar-refractivity contribution >= 4 is 5.97 Å². The monoisotopic (exact) mass is 527 g/mol. The Morgan fingerprint density at radius 1 is 1.21 bits per heavy atom. The summed E-state index contributed by atoms with van der Waals surface area (Å²) in [5.74, 6) is -3.88. The fourth-order valence-electron chi connectivity index (χ4n) is 4.81. The van der Waals surface area contributed by atoms with Gasteiger partial charge in [-0.05, 0) is 56.6 Å². The predicted octanol–water partition coefficient (Wildman–Crippen LogP) is 5.11. The number of benzene rings is 1. The Kier molecular flexibility index (Phi) is 8.20. The Bertz CT molecular complexity index is 1330. The van der Waals surface area contributed by atoms with E-state index in [9.17, 15) is 24.5 Å². The molecule has 0 amide bonds. The van der Waals surface area contributed by atoms with Gasteiger partial charge in [-0.2, -0.15) is 0 Å². The Labute approximate surface area is 219 Å². The molecule has 1 saturated carbocycles. The summed E-state index contributed by atoms with van der Waals surface area (Å²) in [6.07, 6.45) is 3.26. The first-order valence-electron chi connectivity index (χ1n) is 12.7. The molecule has 1 aliphatic carbocycles. The first-order valence-corrected chi connectivity index (χ1v) is 12.7. The van der Waals surface area contributed by atoms with E-state index in [4.69, 9.17) is 4.74 Å². The summed E-state index contributed by atoms with van der Waals surface area (Å²) in [6, 6.07) is 4.56. The number of aliphatic hydroxyl groups excluding tert-OH is 1. The molecule has 10 heteroatoms. The number of nitrogens with zero attached hydrogens (tertiary/aromatic N) is 3. The van der Waals surface area contributed by atoms with Crippen LogP contribution in [0.4, 0.5) is 8.78 Å². The van der Waals surface area contributed by atoms with Crippen LogP contribution in [0.5, 0.6) is 11.6 Å². The molecule has 1 aromatic carbocycles. The minimum absolute atomic E-state index is 0.0823. The summed E-state index contributed by atoms with van der Waals surface area (Å²) < 4.78 is 34.9. The average Bonchev–Trinajstić information content (AvgIpc) is 3.72. The van der Waals surface area contributed by atoms with E-state index in [0.29, 0.717) is 17.9 Å². The van der Waals surface area contributed by atoms with Crippen molar-refractivity contribution < 1.29 is 33.6 Å². The first-order chi connectivity index (χ1) is 18.1. The number of pyridine rings is 1. The van der Waals surface area contributed by atoms with Crippen molar-refractivity contribution in [3.8, 4) is 22.9 Å². The lowest BCUT2D eigenvalue weighted by molar-refractivity contribution is -0.142. The number of phenols is 1. The lowest BCUT2D eigenvalue weighted by Crippen LogP contribution is -2.21. The highest BCUT2D eigenvalue weighted by Gasteiger charge is 2.40. The van der Waals surface area contributed by atoms with Crippen LogP contribution in [-0.2, 0) is 11.2 Å². The smallest absolute Gasteiger partial charge is 0.306 e. The number of phenolic OH excluding ortho intramolecular Hbond substituents is 1. The number of carbonyl (C=O) groups is 1. The van der Waals surface area contributed by atoms with Crippen LogP contribution in [0.25, 0.3) is 11.3 Å². The zero-order valence-corrected chi connectivity index (χ0v) is 21.5. The number of aryl methyl sites for hydroxylation is 2. The molecule has 1 aliphatic rings. The Morgan fingerprint density at radius 3 is 2.58 bits per heavy atom. The van der Waals surface area contributed by atoms with E-state index in [1.807, 2.05) is 0 Å². The van der Waals surface area contributed by atoms with Gasteiger partial charge in [0.05, 0.1) is 48.1 Å². The quantitative estimate of drug-likeness (QED) is 0.314. The number of carboxylic acid groups (broad SMARTS) is 1. The van der Waals surface area contributed by atoms with E-state index in [0.717, 1.165) is 19.0 Å². The largest absolute Gasteiger partial charge is 0.505 e. The van der Waals surface area contributed by atoms with Gasteiger partial charge in [-0.25, -0.2) is 13.8 Å². The van der Waals surface area contributed by atoms with Crippen molar-refractivity contribution in [3.05, 3.63) is 64.7 Å². The zero-order chi connectivity index (χ0) is 27.6. The van der Waals surface area contributed by atoms with E-state index in [2.05, 4.69) is 15.0 Å². The molecule has 8 nitrogen and oxygen atoms in total. The number of ether oxygens (including phenoxy) is 1. The van der Waals surface area contributed by atoms with Crippen molar-refractivity contribution in [2.75, 3.05) is 6.61 Å². The number of carboxylic acids is 1. The third-order valence-electron chi connectivity index (χ3n) is 7.02. The van der Waals surface area contributed by atoms with Crippen molar-refractivity contribution in [1.82, 2.24) is 15.0 Å². The number of aromatic nitrogens is 3. The summed E-state index contributed by atoms with van der Waals surface area (Å²) in [5.41, 5.74) is 1.62. The van der Waals surface area contributed by atoms with Gasteiger partial charge < -0.3 is 20.1 Å². The zero-order valence-electron chi connectivity index (χ0n) is 21.5. The maximum atomic E-state index is 15.2. The molecule has 38 heavy (non-hydrogen) atoms. The van der Waals surface area contributed by atoms with Gasteiger partial charge in [0.1, 0.15) is 0 Å². The van der Waals surface area contributed by atoms with E-state index in [1.54, 1.807) is 26.8 Å². The minimum atomic E-state index is -1.06. The molecule has 0 radical (unpaired) electrons. The summed E-state index contributed by atoms with van der Waals surface area (Å²) in [4.78, 5) is 24.1. The van der Waals surface area contributed by atoms with Gasteiger partial charge in [0.2, 0.25) is 5.88 Å². The highest BCUT2D eigenvalue weighted by molar-refractivity contribution is 5.71. The minimum Gasteiger partial charge on any atom is -0.505 e. The van der Waals surface area contributed by atoms with Crippen LogP contribution in [0.3, 0.4) is 0 Å². The van der Waals surface area contributed by atoms with Gasteiger partial charge in [-0.3, -0.25) is 14.8 Å².